The molecule has 1 atom stereocenters. The summed E-state index contributed by atoms with van der Waals surface area (Å²) in [6, 6.07) is 8.36. The molecule has 140 valence electrons. The number of benzene rings is 1. The van der Waals surface area contributed by atoms with E-state index in [-0.39, 0.29) is 5.41 Å². The fourth-order valence-electron chi connectivity index (χ4n) is 4.54. The summed E-state index contributed by atoms with van der Waals surface area (Å²) in [4.78, 5) is 5.01. The number of aliphatic hydroxyl groups is 1. The van der Waals surface area contributed by atoms with Crippen molar-refractivity contribution in [2.24, 2.45) is 11.3 Å². The first-order valence-corrected chi connectivity index (χ1v) is 9.36. The van der Waals surface area contributed by atoms with E-state index in [4.69, 9.17) is 9.47 Å². The normalized spacial score (nSPS) is 24.0. The lowest BCUT2D eigenvalue weighted by atomic mass is 9.71. The molecular formula is C20H32N2O3. The molecule has 5 nitrogen and oxygen atoms in total. The Hall–Kier alpha value is -1.14. The number of piperidine rings is 1. The highest BCUT2D eigenvalue weighted by atomic mass is 16.5. The van der Waals surface area contributed by atoms with Crippen LogP contribution in [0.25, 0.3) is 0 Å². The highest BCUT2D eigenvalue weighted by Gasteiger charge is 2.47. The molecule has 1 N–H and O–H groups in total. The Labute approximate surface area is 151 Å². The summed E-state index contributed by atoms with van der Waals surface area (Å²) in [5.74, 6) is 1.33. The fourth-order valence-corrected chi connectivity index (χ4v) is 4.54. The molecule has 0 bridgehead atoms. The Morgan fingerprint density at radius 2 is 2.00 bits per heavy atom. The molecule has 2 heterocycles. The molecule has 0 amide bonds. The topological polar surface area (TPSA) is 45.2 Å². The molecule has 5 heteroatoms. The van der Waals surface area contributed by atoms with E-state index in [0.717, 1.165) is 51.6 Å². The van der Waals surface area contributed by atoms with E-state index in [9.17, 15) is 5.11 Å². The summed E-state index contributed by atoms with van der Waals surface area (Å²) in [6.07, 6.45) is 2.34. The van der Waals surface area contributed by atoms with Gasteiger partial charge in [0.2, 0.25) is 0 Å². The molecule has 2 fully saturated rings. The van der Waals surface area contributed by atoms with Crippen LogP contribution in [0.15, 0.2) is 24.3 Å². The number of likely N-dealkylation sites (tertiary alicyclic amines) is 2. The molecule has 0 aromatic heterocycles. The Morgan fingerprint density at radius 3 is 2.68 bits per heavy atom. The van der Waals surface area contributed by atoms with Crippen LogP contribution in [-0.2, 0) is 11.3 Å². The van der Waals surface area contributed by atoms with E-state index in [1.165, 1.54) is 18.4 Å². The van der Waals surface area contributed by atoms with Gasteiger partial charge in [-0.1, -0.05) is 12.1 Å². The van der Waals surface area contributed by atoms with Crippen molar-refractivity contribution in [1.29, 1.82) is 0 Å². The molecule has 1 spiro atoms. The van der Waals surface area contributed by atoms with Gasteiger partial charge in [0, 0.05) is 45.8 Å². The van der Waals surface area contributed by atoms with Crippen LogP contribution in [0.4, 0.5) is 0 Å². The zero-order valence-electron chi connectivity index (χ0n) is 15.6. The van der Waals surface area contributed by atoms with Gasteiger partial charge >= 0.3 is 0 Å². The van der Waals surface area contributed by atoms with E-state index < -0.39 is 0 Å². The molecule has 25 heavy (non-hydrogen) atoms. The van der Waals surface area contributed by atoms with Crippen molar-refractivity contribution in [3.8, 4) is 5.75 Å². The number of aliphatic hydroxyl groups excluding tert-OH is 1. The van der Waals surface area contributed by atoms with E-state index in [0.29, 0.717) is 12.5 Å². The van der Waals surface area contributed by atoms with Gasteiger partial charge in [-0.05, 0) is 49.0 Å². The molecule has 2 aliphatic heterocycles. The predicted octanol–water partition coefficient (Wildman–Crippen LogP) is 1.85. The lowest BCUT2D eigenvalue weighted by Gasteiger charge is -2.42. The Kier molecular flexibility index (Phi) is 6.34. The van der Waals surface area contributed by atoms with E-state index in [1.54, 1.807) is 14.2 Å². The van der Waals surface area contributed by atoms with Gasteiger partial charge in [-0.3, -0.25) is 4.90 Å². The molecule has 2 saturated heterocycles. The zero-order chi connectivity index (χ0) is 17.7. The smallest absolute Gasteiger partial charge is 0.119 e. The largest absolute Gasteiger partial charge is 0.497 e. The third-order valence-electron chi connectivity index (χ3n) is 6.11. The predicted molar refractivity (Wildman–Crippen MR) is 98.8 cm³/mol. The molecular weight excluding hydrogens is 316 g/mol. The van der Waals surface area contributed by atoms with Crippen molar-refractivity contribution >= 4 is 0 Å². The highest BCUT2D eigenvalue weighted by Crippen LogP contribution is 2.44. The van der Waals surface area contributed by atoms with Crippen molar-refractivity contribution in [3.63, 3.8) is 0 Å². The van der Waals surface area contributed by atoms with Crippen LogP contribution in [0.2, 0.25) is 0 Å². The van der Waals surface area contributed by atoms with Crippen LogP contribution >= 0.6 is 0 Å². The van der Waals surface area contributed by atoms with Crippen LogP contribution in [-0.4, -0.2) is 75.1 Å². The monoisotopic (exact) mass is 348 g/mol. The molecule has 3 rings (SSSR count). The van der Waals surface area contributed by atoms with E-state index >= 15 is 0 Å². The molecule has 1 aromatic carbocycles. The summed E-state index contributed by atoms with van der Waals surface area (Å²) in [5.41, 5.74) is 1.59. The maximum Gasteiger partial charge on any atom is 0.119 e. The summed E-state index contributed by atoms with van der Waals surface area (Å²) >= 11 is 0. The summed E-state index contributed by atoms with van der Waals surface area (Å²) < 4.78 is 10.6. The standard InChI is InChI=1S/C20H32N2O3/c1-24-11-10-22-14-18(15-23)20(16-22)6-8-21(9-7-20)13-17-4-3-5-19(12-17)25-2/h3-5,12,18,23H,6-11,13-16H2,1-2H3. The maximum absolute atomic E-state index is 9.90. The van der Waals surface area contributed by atoms with E-state index in [1.807, 2.05) is 6.07 Å². The Bertz CT molecular complexity index is 543. The lowest BCUT2D eigenvalue weighted by molar-refractivity contribution is 0.0477. The van der Waals surface area contributed by atoms with Crippen LogP contribution in [0.5, 0.6) is 5.75 Å². The Balaban J connectivity index is 1.56. The third-order valence-corrected chi connectivity index (χ3v) is 6.11. The first-order chi connectivity index (χ1) is 12.2. The summed E-state index contributed by atoms with van der Waals surface area (Å²) in [5, 5.41) is 9.90. The van der Waals surface area contributed by atoms with Crippen LogP contribution in [0.1, 0.15) is 18.4 Å². The van der Waals surface area contributed by atoms with Gasteiger partial charge in [-0.2, -0.15) is 0 Å². The van der Waals surface area contributed by atoms with Gasteiger partial charge in [0.05, 0.1) is 13.7 Å². The highest BCUT2D eigenvalue weighted by molar-refractivity contribution is 5.28. The number of hydrogen-bond donors (Lipinski definition) is 1. The van der Waals surface area contributed by atoms with Crippen molar-refractivity contribution < 1.29 is 14.6 Å². The third kappa shape index (κ3) is 4.34. The van der Waals surface area contributed by atoms with Gasteiger partial charge in [-0.15, -0.1) is 0 Å². The lowest BCUT2D eigenvalue weighted by Crippen LogP contribution is -2.44. The average molecular weight is 348 g/mol. The number of ether oxygens (including phenoxy) is 2. The van der Waals surface area contributed by atoms with Gasteiger partial charge in [0.25, 0.3) is 0 Å². The Morgan fingerprint density at radius 1 is 1.20 bits per heavy atom. The first kappa shape index (κ1) is 18.6. The summed E-state index contributed by atoms with van der Waals surface area (Å²) in [7, 11) is 3.47. The molecule has 0 saturated carbocycles. The van der Waals surface area contributed by atoms with Gasteiger partial charge in [0.15, 0.2) is 0 Å². The van der Waals surface area contributed by atoms with Gasteiger partial charge in [-0.25, -0.2) is 0 Å². The number of nitrogens with zero attached hydrogens (tertiary/aromatic N) is 2. The van der Waals surface area contributed by atoms with Crippen molar-refractivity contribution in [2.45, 2.75) is 19.4 Å². The SMILES string of the molecule is COCCN1CC(CO)C2(CCN(Cc3cccc(OC)c3)CC2)C1. The second kappa shape index (κ2) is 8.49. The molecule has 2 aliphatic rings. The average Bonchev–Trinajstić information content (AvgIpc) is 2.99. The molecule has 0 aliphatic carbocycles. The van der Waals surface area contributed by atoms with Crippen LogP contribution < -0.4 is 4.74 Å². The van der Waals surface area contributed by atoms with Crippen LogP contribution in [0.3, 0.4) is 0 Å². The molecule has 1 aromatic rings. The van der Waals surface area contributed by atoms with Crippen molar-refractivity contribution in [2.75, 3.05) is 60.2 Å². The van der Waals surface area contributed by atoms with Crippen molar-refractivity contribution in [1.82, 2.24) is 9.80 Å². The summed E-state index contributed by atoms with van der Waals surface area (Å²) in [6.45, 7) is 7.35. The van der Waals surface area contributed by atoms with Gasteiger partial charge < -0.3 is 19.5 Å². The molecule has 0 radical (unpaired) electrons. The van der Waals surface area contributed by atoms with E-state index in [2.05, 4.69) is 28.0 Å². The second-order valence-electron chi connectivity index (χ2n) is 7.60. The second-order valence-corrected chi connectivity index (χ2v) is 7.60. The van der Waals surface area contributed by atoms with Crippen LogP contribution in [0, 0.1) is 11.3 Å². The fraction of sp³-hybridized carbons (Fsp3) is 0.700. The minimum atomic E-state index is 0.285. The maximum atomic E-state index is 9.90. The number of methoxy groups -OCH3 is 2. The minimum Gasteiger partial charge on any atom is -0.497 e. The quantitative estimate of drug-likeness (QED) is 0.815. The number of rotatable bonds is 7. The molecule has 1 unspecified atom stereocenters. The zero-order valence-corrected chi connectivity index (χ0v) is 15.6. The van der Waals surface area contributed by atoms with Gasteiger partial charge in [0.1, 0.15) is 5.75 Å². The minimum absolute atomic E-state index is 0.285. The first-order valence-electron chi connectivity index (χ1n) is 9.36. The van der Waals surface area contributed by atoms with Crippen molar-refractivity contribution in [3.05, 3.63) is 29.8 Å². The number of hydrogen-bond acceptors (Lipinski definition) is 5.